The Hall–Kier alpha value is -2.37. The van der Waals surface area contributed by atoms with Gasteiger partial charge in [0, 0.05) is 12.4 Å². The maximum Gasteiger partial charge on any atom is 0.237 e. The largest absolute Gasteiger partial charge is 0.382 e. The summed E-state index contributed by atoms with van der Waals surface area (Å²) < 4.78 is 1.78. The zero-order valence-electron chi connectivity index (χ0n) is 7.75. The molecule has 0 atom stereocenters. The van der Waals surface area contributed by atoms with Crippen LogP contribution in [0.2, 0.25) is 0 Å². The predicted octanol–water partition coefficient (Wildman–Crippen LogP) is 0.726. The number of anilines is 1. The second kappa shape index (κ2) is 2.81. The standard InChI is InChI=1S/C9H8N6/c10-7-6-8(12-5-11-6)14-9(13-7)15-3-1-2-4-15/h1-5H,(H3,10,11,12,13,14). The van der Waals surface area contributed by atoms with E-state index in [1.165, 1.54) is 0 Å². The van der Waals surface area contributed by atoms with Gasteiger partial charge in [0.25, 0.3) is 0 Å². The minimum Gasteiger partial charge on any atom is -0.382 e. The van der Waals surface area contributed by atoms with Crippen molar-refractivity contribution in [3.63, 3.8) is 0 Å². The zero-order chi connectivity index (χ0) is 10.3. The summed E-state index contributed by atoms with van der Waals surface area (Å²) in [4.78, 5) is 15.4. The molecule has 0 saturated carbocycles. The highest BCUT2D eigenvalue weighted by Crippen LogP contribution is 2.14. The van der Waals surface area contributed by atoms with Crippen LogP contribution in [0, 0.1) is 0 Å². The van der Waals surface area contributed by atoms with Crippen LogP contribution < -0.4 is 5.73 Å². The molecule has 0 aliphatic rings. The summed E-state index contributed by atoms with van der Waals surface area (Å²) in [6, 6.07) is 3.79. The Morgan fingerprint density at radius 1 is 1.20 bits per heavy atom. The molecule has 0 saturated heterocycles. The fraction of sp³-hybridized carbons (Fsp3) is 0. The van der Waals surface area contributed by atoms with Crippen LogP contribution in [0.1, 0.15) is 0 Å². The van der Waals surface area contributed by atoms with Crippen molar-refractivity contribution in [2.75, 3.05) is 5.73 Å². The van der Waals surface area contributed by atoms with Gasteiger partial charge in [-0.15, -0.1) is 0 Å². The fourth-order valence-corrected chi connectivity index (χ4v) is 1.43. The van der Waals surface area contributed by atoms with Gasteiger partial charge in [-0.3, -0.25) is 4.57 Å². The second-order valence-electron chi connectivity index (χ2n) is 3.10. The van der Waals surface area contributed by atoms with Crippen LogP contribution in [0.5, 0.6) is 0 Å². The van der Waals surface area contributed by atoms with Crippen LogP contribution in [0.15, 0.2) is 30.9 Å². The summed E-state index contributed by atoms with van der Waals surface area (Å²) >= 11 is 0. The van der Waals surface area contributed by atoms with Crippen molar-refractivity contribution < 1.29 is 0 Å². The monoisotopic (exact) mass is 200 g/mol. The number of hydrogen-bond donors (Lipinski definition) is 2. The molecule has 0 unspecified atom stereocenters. The van der Waals surface area contributed by atoms with Crippen LogP contribution in [-0.2, 0) is 0 Å². The van der Waals surface area contributed by atoms with Gasteiger partial charge in [0.2, 0.25) is 5.95 Å². The lowest BCUT2D eigenvalue weighted by molar-refractivity contribution is 0.952. The van der Waals surface area contributed by atoms with Crippen molar-refractivity contribution in [3.05, 3.63) is 30.9 Å². The number of aromatic amines is 1. The smallest absolute Gasteiger partial charge is 0.237 e. The predicted molar refractivity (Wildman–Crippen MR) is 55.4 cm³/mol. The van der Waals surface area contributed by atoms with Gasteiger partial charge in [-0.05, 0) is 12.1 Å². The van der Waals surface area contributed by atoms with Gasteiger partial charge in [0.15, 0.2) is 11.5 Å². The molecule has 3 N–H and O–H groups in total. The van der Waals surface area contributed by atoms with Crippen LogP contribution in [0.25, 0.3) is 17.1 Å². The number of H-pyrrole nitrogens is 1. The van der Waals surface area contributed by atoms with E-state index in [9.17, 15) is 0 Å². The minimum absolute atomic E-state index is 0.404. The molecule has 0 fully saturated rings. The number of rotatable bonds is 1. The van der Waals surface area contributed by atoms with Gasteiger partial charge < -0.3 is 10.7 Å². The summed E-state index contributed by atoms with van der Waals surface area (Å²) in [5.74, 6) is 0.929. The maximum atomic E-state index is 5.77. The van der Waals surface area contributed by atoms with E-state index in [-0.39, 0.29) is 0 Å². The molecule has 3 aromatic heterocycles. The summed E-state index contributed by atoms with van der Waals surface area (Å²) in [6.45, 7) is 0. The highest BCUT2D eigenvalue weighted by atomic mass is 15.2. The zero-order valence-corrected chi connectivity index (χ0v) is 7.75. The highest BCUT2D eigenvalue weighted by molar-refractivity contribution is 5.81. The van der Waals surface area contributed by atoms with E-state index in [1.54, 1.807) is 10.9 Å². The molecule has 74 valence electrons. The molecule has 3 rings (SSSR count). The van der Waals surface area contributed by atoms with Crippen molar-refractivity contribution in [3.8, 4) is 5.95 Å². The topological polar surface area (TPSA) is 85.4 Å². The van der Waals surface area contributed by atoms with E-state index in [4.69, 9.17) is 5.73 Å². The summed E-state index contributed by atoms with van der Waals surface area (Å²) in [7, 11) is 0. The van der Waals surface area contributed by atoms with Crippen molar-refractivity contribution in [2.45, 2.75) is 0 Å². The van der Waals surface area contributed by atoms with E-state index >= 15 is 0 Å². The van der Waals surface area contributed by atoms with Crippen LogP contribution in [-0.4, -0.2) is 24.5 Å². The van der Waals surface area contributed by atoms with Crippen molar-refractivity contribution >= 4 is 17.0 Å². The number of nitrogens with one attached hydrogen (secondary N) is 1. The number of imidazole rings is 1. The molecular weight excluding hydrogens is 192 g/mol. The molecule has 0 aromatic carbocycles. The average Bonchev–Trinajstić information content (AvgIpc) is 2.88. The van der Waals surface area contributed by atoms with E-state index in [2.05, 4.69) is 19.9 Å². The summed E-state index contributed by atoms with van der Waals surface area (Å²) in [6.07, 6.45) is 5.26. The molecule has 0 aliphatic heterocycles. The number of nitrogen functional groups attached to an aromatic ring is 1. The molecule has 15 heavy (non-hydrogen) atoms. The van der Waals surface area contributed by atoms with Crippen molar-refractivity contribution in [2.24, 2.45) is 0 Å². The molecule has 0 radical (unpaired) electrons. The van der Waals surface area contributed by atoms with Crippen LogP contribution in [0.4, 0.5) is 5.82 Å². The Balaban J connectivity index is 2.29. The molecule has 0 spiro atoms. The third-order valence-electron chi connectivity index (χ3n) is 2.14. The van der Waals surface area contributed by atoms with Gasteiger partial charge in [-0.2, -0.15) is 9.97 Å². The van der Waals surface area contributed by atoms with E-state index in [0.717, 1.165) is 0 Å². The normalized spacial score (nSPS) is 10.9. The van der Waals surface area contributed by atoms with E-state index < -0.39 is 0 Å². The van der Waals surface area contributed by atoms with Crippen LogP contribution in [0.3, 0.4) is 0 Å². The van der Waals surface area contributed by atoms with E-state index in [0.29, 0.717) is 22.9 Å². The Labute approximate surface area is 84.8 Å². The highest BCUT2D eigenvalue weighted by Gasteiger charge is 2.07. The lowest BCUT2D eigenvalue weighted by atomic mass is 10.5. The van der Waals surface area contributed by atoms with Gasteiger partial charge in [-0.1, -0.05) is 0 Å². The molecule has 0 bridgehead atoms. The first-order valence-corrected chi connectivity index (χ1v) is 4.44. The Morgan fingerprint density at radius 3 is 2.80 bits per heavy atom. The SMILES string of the molecule is Nc1nc(-n2cccc2)nc2nc[nH]c12. The number of aromatic nitrogens is 5. The first kappa shape index (κ1) is 7.98. The molecule has 3 heterocycles. The molecular formula is C9H8N6. The van der Waals surface area contributed by atoms with Crippen molar-refractivity contribution in [1.29, 1.82) is 0 Å². The van der Waals surface area contributed by atoms with Gasteiger partial charge in [-0.25, -0.2) is 4.98 Å². The Morgan fingerprint density at radius 2 is 2.00 bits per heavy atom. The van der Waals surface area contributed by atoms with Crippen molar-refractivity contribution in [1.82, 2.24) is 24.5 Å². The number of nitrogens with zero attached hydrogens (tertiary/aromatic N) is 4. The molecule has 3 aromatic rings. The lowest BCUT2D eigenvalue weighted by Gasteiger charge is -2.01. The summed E-state index contributed by atoms with van der Waals surface area (Å²) in [5, 5.41) is 0. The molecule has 0 aliphatic carbocycles. The number of hydrogen-bond acceptors (Lipinski definition) is 4. The molecule has 6 heteroatoms. The molecule has 6 nitrogen and oxygen atoms in total. The Kier molecular flexibility index (Phi) is 1.49. The lowest BCUT2D eigenvalue weighted by Crippen LogP contribution is -2.02. The second-order valence-corrected chi connectivity index (χ2v) is 3.10. The summed E-state index contributed by atoms with van der Waals surface area (Å²) in [5.41, 5.74) is 7.02. The first-order valence-electron chi connectivity index (χ1n) is 4.44. The minimum atomic E-state index is 0.404. The van der Waals surface area contributed by atoms with Crippen LogP contribution >= 0.6 is 0 Å². The quantitative estimate of drug-likeness (QED) is 0.606. The van der Waals surface area contributed by atoms with E-state index in [1.807, 2.05) is 24.5 Å². The average molecular weight is 200 g/mol. The first-order chi connectivity index (χ1) is 7.34. The number of fused-ring (bicyclic) bond motifs is 1. The van der Waals surface area contributed by atoms with Gasteiger partial charge >= 0.3 is 0 Å². The van der Waals surface area contributed by atoms with Gasteiger partial charge in [0.05, 0.1) is 6.33 Å². The third-order valence-corrected chi connectivity index (χ3v) is 2.14. The van der Waals surface area contributed by atoms with Gasteiger partial charge in [0.1, 0.15) is 5.52 Å². The molecule has 0 amide bonds. The number of nitrogens with two attached hydrogens (primary N) is 1. The maximum absolute atomic E-state index is 5.77. The Bertz CT molecular complexity index is 594. The third kappa shape index (κ3) is 1.15. The fourth-order valence-electron chi connectivity index (χ4n) is 1.43.